The molecule has 0 aliphatic carbocycles. The number of benzene rings is 1. The van der Waals surface area contributed by atoms with Gasteiger partial charge in [-0.05, 0) is 51.1 Å². The smallest absolute Gasteiger partial charge is 0.293 e. The van der Waals surface area contributed by atoms with Crippen LogP contribution >= 0.6 is 11.3 Å². The molecule has 0 atom stereocenters. The second-order valence-electron chi connectivity index (χ2n) is 6.96. The van der Waals surface area contributed by atoms with Gasteiger partial charge in [-0.3, -0.25) is 15.0 Å². The van der Waals surface area contributed by atoms with Crippen molar-refractivity contribution in [3.05, 3.63) is 58.8 Å². The van der Waals surface area contributed by atoms with Gasteiger partial charge in [0.05, 0.1) is 0 Å². The standard InChI is InChI=1S/C21H23N3O2S/c1-15-6-5-7-16(12-15)18-8-9-19(26-18)20(25)23-21-22-13-17(27-21)14-24-10-3-2-4-11-24/h5-9,12-13H,2-4,10-11,14H2,1H3,(H,22,23,25). The number of carbonyl (C=O) groups is 1. The van der Waals surface area contributed by atoms with Crippen LogP contribution in [0.2, 0.25) is 0 Å². The number of furan rings is 1. The summed E-state index contributed by atoms with van der Waals surface area (Å²) in [6.07, 6.45) is 5.72. The Kier molecular flexibility index (Phi) is 5.36. The van der Waals surface area contributed by atoms with Crippen LogP contribution in [0.5, 0.6) is 0 Å². The number of nitrogens with zero attached hydrogens (tertiary/aromatic N) is 2. The largest absolute Gasteiger partial charge is 0.451 e. The number of nitrogens with one attached hydrogen (secondary N) is 1. The van der Waals surface area contributed by atoms with Gasteiger partial charge in [0.15, 0.2) is 10.9 Å². The van der Waals surface area contributed by atoms with E-state index in [9.17, 15) is 4.79 Å². The van der Waals surface area contributed by atoms with Crippen LogP contribution in [0.25, 0.3) is 11.3 Å². The molecule has 0 bridgehead atoms. The highest BCUT2D eigenvalue weighted by Gasteiger charge is 2.16. The van der Waals surface area contributed by atoms with Crippen molar-refractivity contribution in [1.82, 2.24) is 9.88 Å². The molecule has 0 unspecified atom stereocenters. The molecule has 0 spiro atoms. The summed E-state index contributed by atoms with van der Waals surface area (Å²) in [5.74, 6) is 0.709. The number of aryl methyl sites for hydroxylation is 1. The number of rotatable bonds is 5. The summed E-state index contributed by atoms with van der Waals surface area (Å²) in [4.78, 5) is 20.4. The average molecular weight is 382 g/mol. The van der Waals surface area contributed by atoms with Crippen LogP contribution in [0, 0.1) is 6.92 Å². The molecule has 3 aromatic rings. The lowest BCUT2D eigenvalue weighted by molar-refractivity contribution is 0.0997. The van der Waals surface area contributed by atoms with Gasteiger partial charge in [-0.25, -0.2) is 4.98 Å². The Morgan fingerprint density at radius 1 is 1.22 bits per heavy atom. The van der Waals surface area contributed by atoms with Crippen LogP contribution < -0.4 is 5.32 Å². The molecule has 1 fully saturated rings. The molecule has 0 radical (unpaired) electrons. The topological polar surface area (TPSA) is 58.4 Å². The number of hydrogen-bond acceptors (Lipinski definition) is 5. The molecule has 27 heavy (non-hydrogen) atoms. The molecular weight excluding hydrogens is 358 g/mol. The summed E-state index contributed by atoms with van der Waals surface area (Å²) in [7, 11) is 0. The van der Waals surface area contributed by atoms with Crippen molar-refractivity contribution in [3.8, 4) is 11.3 Å². The van der Waals surface area contributed by atoms with Gasteiger partial charge < -0.3 is 4.42 Å². The fraction of sp³-hybridized carbons (Fsp3) is 0.333. The third kappa shape index (κ3) is 4.46. The number of hydrogen-bond donors (Lipinski definition) is 1. The fourth-order valence-corrected chi connectivity index (χ4v) is 4.20. The summed E-state index contributed by atoms with van der Waals surface area (Å²) in [6, 6.07) is 11.5. The van der Waals surface area contributed by atoms with Crippen LogP contribution in [0.4, 0.5) is 5.13 Å². The molecule has 5 nitrogen and oxygen atoms in total. The lowest BCUT2D eigenvalue weighted by Crippen LogP contribution is -2.28. The van der Waals surface area contributed by atoms with Gasteiger partial charge in [-0.2, -0.15) is 0 Å². The predicted octanol–water partition coefficient (Wildman–Crippen LogP) is 4.95. The maximum absolute atomic E-state index is 12.5. The van der Waals surface area contributed by atoms with E-state index in [1.165, 1.54) is 35.5 Å². The molecule has 3 heterocycles. The second kappa shape index (κ2) is 8.06. The Labute approximate surface area is 163 Å². The van der Waals surface area contributed by atoms with Crippen LogP contribution in [-0.2, 0) is 6.54 Å². The first-order valence-corrected chi connectivity index (χ1v) is 10.1. The van der Waals surface area contributed by atoms with Crippen molar-refractivity contribution < 1.29 is 9.21 Å². The maximum atomic E-state index is 12.5. The molecule has 1 saturated heterocycles. The van der Waals surface area contributed by atoms with E-state index >= 15 is 0 Å². The number of carbonyl (C=O) groups excluding carboxylic acids is 1. The van der Waals surface area contributed by atoms with Crippen molar-refractivity contribution in [3.63, 3.8) is 0 Å². The molecule has 2 aromatic heterocycles. The maximum Gasteiger partial charge on any atom is 0.293 e. The molecule has 1 aromatic carbocycles. The quantitative estimate of drug-likeness (QED) is 0.679. The van der Waals surface area contributed by atoms with E-state index in [1.54, 1.807) is 6.07 Å². The first kappa shape index (κ1) is 17.9. The van der Waals surface area contributed by atoms with E-state index < -0.39 is 0 Å². The minimum absolute atomic E-state index is 0.271. The highest BCUT2D eigenvalue weighted by atomic mass is 32.1. The van der Waals surface area contributed by atoms with E-state index in [-0.39, 0.29) is 5.91 Å². The normalized spacial score (nSPS) is 15.0. The van der Waals surface area contributed by atoms with Crippen molar-refractivity contribution in [1.29, 1.82) is 0 Å². The number of piperidine rings is 1. The van der Waals surface area contributed by atoms with Gasteiger partial charge in [0.25, 0.3) is 5.91 Å². The Hall–Kier alpha value is -2.44. The monoisotopic (exact) mass is 381 g/mol. The predicted molar refractivity (Wildman–Crippen MR) is 108 cm³/mol. The number of anilines is 1. The molecule has 140 valence electrons. The SMILES string of the molecule is Cc1cccc(-c2ccc(C(=O)Nc3ncc(CN4CCCCC4)s3)o2)c1. The van der Waals surface area contributed by atoms with E-state index in [1.807, 2.05) is 43.5 Å². The third-order valence-electron chi connectivity index (χ3n) is 4.73. The van der Waals surface area contributed by atoms with Gasteiger partial charge in [0, 0.05) is 23.2 Å². The molecule has 1 aliphatic heterocycles. The molecule has 4 rings (SSSR count). The van der Waals surface area contributed by atoms with Gasteiger partial charge >= 0.3 is 0 Å². The van der Waals surface area contributed by atoms with Crippen LogP contribution in [0.1, 0.15) is 40.3 Å². The Bertz CT molecular complexity index is 925. The Balaban J connectivity index is 1.39. The van der Waals surface area contributed by atoms with Crippen LogP contribution in [0.3, 0.4) is 0 Å². The van der Waals surface area contributed by atoms with Crippen molar-refractivity contribution >= 4 is 22.4 Å². The summed E-state index contributed by atoms with van der Waals surface area (Å²) in [6.45, 7) is 5.23. The van der Waals surface area contributed by atoms with E-state index in [2.05, 4.69) is 15.2 Å². The highest BCUT2D eigenvalue weighted by molar-refractivity contribution is 7.15. The zero-order valence-electron chi connectivity index (χ0n) is 15.4. The second-order valence-corrected chi connectivity index (χ2v) is 8.07. The lowest BCUT2D eigenvalue weighted by Gasteiger charge is -2.25. The third-order valence-corrected chi connectivity index (χ3v) is 5.63. The first-order valence-electron chi connectivity index (χ1n) is 9.33. The summed E-state index contributed by atoms with van der Waals surface area (Å²) in [5, 5.41) is 3.46. The molecule has 1 aliphatic rings. The first-order chi connectivity index (χ1) is 13.2. The number of thiazole rings is 1. The average Bonchev–Trinajstić information content (AvgIpc) is 3.32. The number of aromatic nitrogens is 1. The summed E-state index contributed by atoms with van der Waals surface area (Å²) in [5.41, 5.74) is 2.12. The zero-order valence-corrected chi connectivity index (χ0v) is 16.2. The number of likely N-dealkylation sites (tertiary alicyclic amines) is 1. The van der Waals surface area contributed by atoms with Crippen molar-refractivity contribution in [2.24, 2.45) is 0 Å². The van der Waals surface area contributed by atoms with E-state index in [0.717, 1.165) is 30.8 Å². The molecule has 0 saturated carbocycles. The van der Waals surface area contributed by atoms with Gasteiger partial charge in [-0.1, -0.05) is 30.2 Å². The van der Waals surface area contributed by atoms with Gasteiger partial charge in [0.1, 0.15) is 5.76 Å². The van der Waals surface area contributed by atoms with Gasteiger partial charge in [-0.15, -0.1) is 11.3 Å². The summed E-state index contributed by atoms with van der Waals surface area (Å²) < 4.78 is 5.74. The summed E-state index contributed by atoms with van der Waals surface area (Å²) >= 11 is 1.53. The minimum Gasteiger partial charge on any atom is -0.451 e. The van der Waals surface area contributed by atoms with E-state index in [0.29, 0.717) is 16.7 Å². The lowest BCUT2D eigenvalue weighted by atomic mass is 10.1. The van der Waals surface area contributed by atoms with Crippen molar-refractivity contribution in [2.75, 3.05) is 18.4 Å². The Morgan fingerprint density at radius 2 is 2.07 bits per heavy atom. The van der Waals surface area contributed by atoms with Gasteiger partial charge in [0.2, 0.25) is 0 Å². The van der Waals surface area contributed by atoms with E-state index in [4.69, 9.17) is 4.42 Å². The molecule has 1 amide bonds. The fourth-order valence-electron chi connectivity index (χ4n) is 3.35. The zero-order chi connectivity index (χ0) is 18.6. The van der Waals surface area contributed by atoms with Crippen LogP contribution in [0.15, 0.2) is 47.0 Å². The Morgan fingerprint density at radius 3 is 2.89 bits per heavy atom. The molecule has 6 heteroatoms. The molecule has 1 N–H and O–H groups in total. The minimum atomic E-state index is -0.271. The van der Waals surface area contributed by atoms with Crippen LogP contribution in [-0.4, -0.2) is 28.9 Å². The van der Waals surface area contributed by atoms with Crippen molar-refractivity contribution in [2.45, 2.75) is 32.7 Å². The number of amides is 1. The highest BCUT2D eigenvalue weighted by Crippen LogP contribution is 2.25. The molecular formula is C21H23N3O2S.